The fourth-order valence-electron chi connectivity index (χ4n) is 5.67. The Bertz CT molecular complexity index is 910. The zero-order valence-corrected chi connectivity index (χ0v) is 22.0. The Labute approximate surface area is 205 Å². The third-order valence-corrected chi connectivity index (χ3v) is 11.8. The van der Waals surface area contributed by atoms with Crippen LogP contribution in [0.25, 0.3) is 0 Å². The van der Waals surface area contributed by atoms with Crippen molar-refractivity contribution in [1.29, 1.82) is 0 Å². The fourth-order valence-corrected chi connectivity index (χ4v) is 11.1. The number of rotatable bonds is 11. The molecule has 1 unspecified atom stereocenters. The van der Waals surface area contributed by atoms with Crippen molar-refractivity contribution < 1.29 is 0 Å². The molecule has 0 heterocycles. The second-order valence-corrected chi connectivity index (χ2v) is 14.6. The third-order valence-electron chi connectivity index (χ3n) is 6.38. The summed E-state index contributed by atoms with van der Waals surface area (Å²) < 4.78 is 0. The van der Waals surface area contributed by atoms with E-state index in [1.165, 1.54) is 15.9 Å². The third kappa shape index (κ3) is 6.73. The Morgan fingerprint density at radius 1 is 0.676 bits per heavy atom. The first-order valence-electron chi connectivity index (χ1n) is 12.0. The molecular formula is C28H42N5P. The van der Waals surface area contributed by atoms with E-state index in [9.17, 15) is 0 Å². The molecule has 0 fully saturated rings. The normalized spacial score (nSPS) is 14.2. The molecule has 0 aliphatic carbocycles. The first kappa shape index (κ1) is 26.5. The number of hydrogen-bond acceptors (Lipinski definition) is 5. The van der Waals surface area contributed by atoms with Gasteiger partial charge in [-0.05, 0) is 0 Å². The van der Waals surface area contributed by atoms with Crippen molar-refractivity contribution in [2.75, 3.05) is 6.16 Å². The van der Waals surface area contributed by atoms with Crippen LogP contribution in [0.2, 0.25) is 0 Å². The molecule has 184 valence electrons. The van der Waals surface area contributed by atoms with Gasteiger partial charge in [0, 0.05) is 0 Å². The fraction of sp³-hybridized carbons (Fsp3) is 0.357. The molecule has 0 saturated carbocycles. The number of nitrogens with one attached hydrogen (secondary N) is 2. The summed E-state index contributed by atoms with van der Waals surface area (Å²) in [6, 6.07) is 33.2. The Balaban J connectivity index is 2.05. The average molecular weight is 480 g/mol. The zero-order chi connectivity index (χ0) is 24.8. The van der Waals surface area contributed by atoms with Gasteiger partial charge in [0.2, 0.25) is 0 Å². The number of benzene rings is 3. The van der Waals surface area contributed by atoms with E-state index in [1.54, 1.807) is 0 Å². The van der Waals surface area contributed by atoms with Gasteiger partial charge in [-0.15, -0.1) is 0 Å². The van der Waals surface area contributed by atoms with Gasteiger partial charge in [0.25, 0.3) is 0 Å². The molecule has 0 radical (unpaired) electrons. The Hall–Kier alpha value is -2.11. The van der Waals surface area contributed by atoms with E-state index in [1.807, 2.05) is 0 Å². The van der Waals surface area contributed by atoms with E-state index in [0.29, 0.717) is 0 Å². The Kier molecular flexibility index (Phi) is 8.64. The molecule has 0 bridgehead atoms. The van der Waals surface area contributed by atoms with Gasteiger partial charge in [-0.1, -0.05) is 0 Å². The standard InChI is InChI=1S/C28H42N5P/c1-27(2,20-28(3,4)33-26(31)32-25(29)30)21-34(22-14-8-5-9-15-22,23-16-10-6-11-17-23)24-18-12-7-13-19-24/h5-19,25-26,32-34H,20-21,29-31H2,1-4H3. The predicted molar refractivity (Wildman–Crippen MR) is 150 cm³/mol. The van der Waals surface area contributed by atoms with Crippen LogP contribution in [-0.4, -0.2) is 24.3 Å². The summed E-state index contributed by atoms with van der Waals surface area (Å²) in [5.41, 5.74) is 17.3. The molecule has 0 aliphatic rings. The maximum absolute atomic E-state index is 6.21. The zero-order valence-electron chi connectivity index (χ0n) is 21.0. The van der Waals surface area contributed by atoms with Crippen molar-refractivity contribution in [2.24, 2.45) is 22.6 Å². The van der Waals surface area contributed by atoms with Gasteiger partial charge in [0.05, 0.1) is 0 Å². The molecule has 5 nitrogen and oxygen atoms in total. The van der Waals surface area contributed by atoms with Crippen LogP contribution in [0.4, 0.5) is 0 Å². The minimum absolute atomic E-state index is 0.00873. The van der Waals surface area contributed by atoms with Crippen LogP contribution >= 0.6 is 7.26 Å². The van der Waals surface area contributed by atoms with Crippen LogP contribution < -0.4 is 43.7 Å². The van der Waals surface area contributed by atoms with Crippen molar-refractivity contribution in [3.05, 3.63) is 91.0 Å². The molecule has 0 amide bonds. The van der Waals surface area contributed by atoms with Crippen molar-refractivity contribution in [3.63, 3.8) is 0 Å². The van der Waals surface area contributed by atoms with E-state index >= 15 is 0 Å². The van der Waals surface area contributed by atoms with Gasteiger partial charge in [-0.25, -0.2) is 0 Å². The summed E-state index contributed by atoms with van der Waals surface area (Å²) in [4.78, 5) is 0. The maximum atomic E-state index is 6.21. The molecule has 0 spiro atoms. The van der Waals surface area contributed by atoms with E-state index in [0.717, 1.165) is 12.6 Å². The van der Waals surface area contributed by atoms with Crippen LogP contribution in [0.15, 0.2) is 91.0 Å². The van der Waals surface area contributed by atoms with Gasteiger partial charge in [0.1, 0.15) is 0 Å². The van der Waals surface area contributed by atoms with Gasteiger partial charge < -0.3 is 0 Å². The molecule has 3 aromatic rings. The van der Waals surface area contributed by atoms with E-state index in [4.69, 9.17) is 17.2 Å². The van der Waals surface area contributed by atoms with Gasteiger partial charge in [-0.3, -0.25) is 0 Å². The summed E-state index contributed by atoms with van der Waals surface area (Å²) in [7, 11) is -2.34. The van der Waals surface area contributed by atoms with Crippen LogP contribution in [0.5, 0.6) is 0 Å². The molecular weight excluding hydrogens is 437 g/mol. The van der Waals surface area contributed by atoms with E-state index in [2.05, 4.69) is 129 Å². The molecule has 0 aliphatic heterocycles. The molecule has 3 aromatic carbocycles. The van der Waals surface area contributed by atoms with Crippen molar-refractivity contribution >= 4 is 23.2 Å². The summed E-state index contributed by atoms with van der Waals surface area (Å²) in [5, 5.41) is 10.7. The summed E-state index contributed by atoms with van der Waals surface area (Å²) in [5.74, 6) is 0. The van der Waals surface area contributed by atoms with Gasteiger partial charge in [0.15, 0.2) is 0 Å². The first-order chi connectivity index (χ1) is 16.0. The van der Waals surface area contributed by atoms with E-state index < -0.39 is 19.8 Å². The second-order valence-electron chi connectivity index (χ2n) is 10.7. The summed E-state index contributed by atoms with van der Waals surface area (Å²) >= 11 is 0. The Morgan fingerprint density at radius 3 is 1.41 bits per heavy atom. The molecule has 1 atom stereocenters. The monoisotopic (exact) mass is 479 g/mol. The molecule has 0 aromatic heterocycles. The van der Waals surface area contributed by atoms with Gasteiger partial charge >= 0.3 is 206 Å². The van der Waals surface area contributed by atoms with E-state index in [-0.39, 0.29) is 11.0 Å². The van der Waals surface area contributed by atoms with Crippen LogP contribution in [0.1, 0.15) is 34.1 Å². The minimum atomic E-state index is -2.34. The number of nitrogens with two attached hydrogens (primary N) is 3. The van der Waals surface area contributed by atoms with Crippen molar-refractivity contribution in [3.8, 4) is 0 Å². The SMILES string of the molecule is CC(C)(CC(C)(C)NC(N)NC(N)N)C[PH](c1ccccc1)(c1ccccc1)c1ccccc1. The van der Waals surface area contributed by atoms with Crippen LogP contribution in [0.3, 0.4) is 0 Å². The molecule has 6 heteroatoms. The average Bonchev–Trinajstić information content (AvgIpc) is 2.77. The molecule has 3 rings (SSSR count). The van der Waals surface area contributed by atoms with Crippen LogP contribution in [-0.2, 0) is 0 Å². The molecule has 0 saturated heterocycles. The number of hydrogen-bond donors (Lipinski definition) is 5. The predicted octanol–water partition coefficient (Wildman–Crippen LogP) is 2.53. The molecule has 8 N–H and O–H groups in total. The Morgan fingerprint density at radius 2 is 1.06 bits per heavy atom. The summed E-state index contributed by atoms with van der Waals surface area (Å²) in [6.07, 6.45) is 0.837. The quantitative estimate of drug-likeness (QED) is 0.215. The molecule has 34 heavy (non-hydrogen) atoms. The topological polar surface area (TPSA) is 102 Å². The first-order valence-corrected chi connectivity index (χ1v) is 14.2. The van der Waals surface area contributed by atoms with Crippen molar-refractivity contribution in [1.82, 2.24) is 10.6 Å². The van der Waals surface area contributed by atoms with Crippen LogP contribution in [0, 0.1) is 5.41 Å². The van der Waals surface area contributed by atoms with Crippen molar-refractivity contribution in [2.45, 2.75) is 52.2 Å². The summed E-state index contributed by atoms with van der Waals surface area (Å²) in [6.45, 7) is 9.13. The second kappa shape index (κ2) is 11.1. The van der Waals surface area contributed by atoms with Gasteiger partial charge in [-0.2, -0.15) is 0 Å².